The van der Waals surface area contributed by atoms with Crippen LogP contribution in [0.1, 0.15) is 28.5 Å². The predicted molar refractivity (Wildman–Crippen MR) is 76.8 cm³/mol. The van der Waals surface area contributed by atoms with Crippen molar-refractivity contribution < 1.29 is 4.79 Å². The second-order valence-corrected chi connectivity index (χ2v) is 4.43. The Hall–Kier alpha value is -2.74. The van der Waals surface area contributed by atoms with Gasteiger partial charge in [0.05, 0.1) is 11.6 Å². The summed E-state index contributed by atoms with van der Waals surface area (Å²) >= 11 is 0. The van der Waals surface area contributed by atoms with E-state index in [0.29, 0.717) is 30.0 Å². The number of carbonyl (C=O) groups is 1. The highest BCUT2D eigenvalue weighted by molar-refractivity contribution is 5.93. The summed E-state index contributed by atoms with van der Waals surface area (Å²) in [5.74, 6) is -0.128. The van der Waals surface area contributed by atoms with Gasteiger partial charge in [-0.25, -0.2) is 0 Å². The number of nitrogens with one attached hydrogen (secondary N) is 1. The Bertz CT molecular complexity index is 654. The topological polar surface area (TPSA) is 85.9 Å². The van der Waals surface area contributed by atoms with Gasteiger partial charge >= 0.3 is 0 Å². The molecule has 0 aliphatic carbocycles. The highest BCUT2D eigenvalue weighted by atomic mass is 16.2. The van der Waals surface area contributed by atoms with Gasteiger partial charge in [0.2, 0.25) is 0 Å². The number of benzene rings is 1. The summed E-state index contributed by atoms with van der Waals surface area (Å²) in [6.07, 6.45) is 1.59. The van der Waals surface area contributed by atoms with Crippen molar-refractivity contribution in [1.29, 1.82) is 5.26 Å². The zero-order chi connectivity index (χ0) is 14.5. The van der Waals surface area contributed by atoms with Gasteiger partial charge < -0.3 is 15.6 Å². The van der Waals surface area contributed by atoms with Crippen LogP contribution >= 0.6 is 0 Å². The van der Waals surface area contributed by atoms with Crippen LogP contribution in [-0.2, 0) is 6.54 Å². The third-order valence-electron chi connectivity index (χ3n) is 3.10. The number of hydrogen-bond acceptors (Lipinski definition) is 3. The lowest BCUT2D eigenvalue weighted by Crippen LogP contribution is -2.30. The summed E-state index contributed by atoms with van der Waals surface area (Å²) in [6.45, 7) is 2.86. The number of nitrogen functional groups attached to an aromatic ring is 1. The summed E-state index contributed by atoms with van der Waals surface area (Å²) in [5.41, 5.74) is 8.02. The maximum atomic E-state index is 12.3. The molecule has 0 spiro atoms. The van der Waals surface area contributed by atoms with E-state index < -0.39 is 0 Å². The van der Waals surface area contributed by atoms with Crippen LogP contribution in [0.5, 0.6) is 0 Å². The lowest BCUT2D eigenvalue weighted by atomic mass is 10.1. The second-order valence-electron chi connectivity index (χ2n) is 4.43. The largest absolute Gasteiger partial charge is 0.397 e. The Balaban J connectivity index is 2.21. The van der Waals surface area contributed by atoms with Gasteiger partial charge in [-0.1, -0.05) is 18.2 Å². The average molecular weight is 268 g/mol. The molecule has 1 aromatic carbocycles. The van der Waals surface area contributed by atoms with Gasteiger partial charge in [-0.3, -0.25) is 4.79 Å². The number of nitrogens with zero attached hydrogens (tertiary/aromatic N) is 2. The zero-order valence-electron chi connectivity index (χ0n) is 11.3. The van der Waals surface area contributed by atoms with Gasteiger partial charge in [-0.05, 0) is 24.6 Å². The third kappa shape index (κ3) is 2.81. The molecule has 0 bridgehead atoms. The minimum absolute atomic E-state index is 0.128. The summed E-state index contributed by atoms with van der Waals surface area (Å²) in [6, 6.07) is 11.0. The lowest BCUT2D eigenvalue weighted by Gasteiger charge is -2.20. The normalized spacial score (nSPS) is 10.0. The van der Waals surface area contributed by atoms with E-state index in [2.05, 4.69) is 11.1 Å². The van der Waals surface area contributed by atoms with Crippen LogP contribution in [0.3, 0.4) is 0 Å². The molecule has 0 fully saturated rings. The Kier molecular flexibility index (Phi) is 4.06. The highest BCUT2D eigenvalue weighted by Crippen LogP contribution is 2.14. The molecule has 1 aromatic heterocycles. The number of nitrogens with two attached hydrogens (primary N) is 1. The molecule has 102 valence electrons. The van der Waals surface area contributed by atoms with E-state index in [9.17, 15) is 4.79 Å². The van der Waals surface area contributed by atoms with E-state index in [0.717, 1.165) is 5.56 Å². The number of carbonyl (C=O) groups excluding carboxylic acids is 1. The Morgan fingerprint density at radius 3 is 2.80 bits per heavy atom. The molecule has 0 saturated heterocycles. The molecule has 0 aliphatic rings. The van der Waals surface area contributed by atoms with Gasteiger partial charge in [0, 0.05) is 25.0 Å². The summed E-state index contributed by atoms with van der Waals surface area (Å²) in [4.78, 5) is 16.9. The van der Waals surface area contributed by atoms with E-state index in [1.807, 2.05) is 25.1 Å². The molecule has 5 heteroatoms. The van der Waals surface area contributed by atoms with Crippen LogP contribution in [0, 0.1) is 11.3 Å². The molecule has 20 heavy (non-hydrogen) atoms. The monoisotopic (exact) mass is 268 g/mol. The van der Waals surface area contributed by atoms with Crippen LogP contribution in [-0.4, -0.2) is 22.3 Å². The number of anilines is 1. The average Bonchev–Trinajstić information content (AvgIpc) is 2.91. The molecule has 5 nitrogen and oxygen atoms in total. The minimum Gasteiger partial charge on any atom is -0.397 e. The summed E-state index contributed by atoms with van der Waals surface area (Å²) < 4.78 is 0. The molecular formula is C15H16N4O. The number of nitriles is 1. The van der Waals surface area contributed by atoms with Crippen molar-refractivity contribution in [2.45, 2.75) is 13.5 Å². The van der Waals surface area contributed by atoms with Gasteiger partial charge in [0.25, 0.3) is 5.91 Å². The highest BCUT2D eigenvalue weighted by Gasteiger charge is 2.17. The number of hydrogen-bond donors (Lipinski definition) is 2. The smallest absolute Gasteiger partial charge is 0.270 e. The molecule has 0 radical (unpaired) electrons. The third-order valence-corrected chi connectivity index (χ3v) is 3.10. The van der Waals surface area contributed by atoms with Gasteiger partial charge in [0.1, 0.15) is 5.69 Å². The minimum atomic E-state index is -0.128. The Morgan fingerprint density at radius 2 is 2.20 bits per heavy atom. The number of H-pyrrole nitrogens is 1. The van der Waals surface area contributed by atoms with Crippen LogP contribution in [0.2, 0.25) is 0 Å². The molecule has 0 unspecified atom stereocenters. The molecule has 1 heterocycles. The maximum absolute atomic E-state index is 12.3. The zero-order valence-corrected chi connectivity index (χ0v) is 11.3. The predicted octanol–water partition coefficient (Wildman–Crippen LogP) is 2.13. The fourth-order valence-electron chi connectivity index (χ4n) is 2.00. The molecule has 0 atom stereocenters. The molecule has 0 aliphatic heterocycles. The first kappa shape index (κ1) is 13.7. The van der Waals surface area contributed by atoms with Gasteiger partial charge in [-0.15, -0.1) is 0 Å². The van der Waals surface area contributed by atoms with Crippen LogP contribution in [0.25, 0.3) is 0 Å². The van der Waals surface area contributed by atoms with E-state index >= 15 is 0 Å². The number of amides is 1. The fraction of sp³-hybridized carbons (Fsp3) is 0.200. The van der Waals surface area contributed by atoms with Crippen molar-refractivity contribution in [3.63, 3.8) is 0 Å². The maximum Gasteiger partial charge on any atom is 0.270 e. The van der Waals surface area contributed by atoms with Crippen molar-refractivity contribution in [2.75, 3.05) is 12.3 Å². The van der Waals surface area contributed by atoms with E-state index in [1.165, 1.54) is 0 Å². The first-order valence-corrected chi connectivity index (χ1v) is 6.37. The van der Waals surface area contributed by atoms with Crippen molar-refractivity contribution in [3.8, 4) is 6.07 Å². The van der Waals surface area contributed by atoms with Crippen LogP contribution < -0.4 is 5.73 Å². The molecule has 0 saturated carbocycles. The molecule has 2 aromatic rings. The van der Waals surface area contributed by atoms with Crippen molar-refractivity contribution >= 4 is 11.6 Å². The Morgan fingerprint density at radius 1 is 1.45 bits per heavy atom. The summed E-state index contributed by atoms with van der Waals surface area (Å²) in [7, 11) is 0. The quantitative estimate of drug-likeness (QED) is 0.890. The first-order chi connectivity index (χ1) is 9.65. The number of aromatic nitrogens is 1. The standard InChI is InChI=1S/C15H16N4O/c1-2-19(15(20)14-7-13(17)9-18-14)10-12-6-4-3-5-11(12)8-16/h3-7,9,18H,2,10,17H2,1H3. The SMILES string of the molecule is CCN(Cc1ccccc1C#N)C(=O)c1cc(N)c[nH]1. The Labute approximate surface area is 117 Å². The van der Waals surface area contributed by atoms with Crippen molar-refractivity contribution in [3.05, 3.63) is 53.3 Å². The van der Waals surface area contributed by atoms with Gasteiger partial charge in [0.15, 0.2) is 0 Å². The first-order valence-electron chi connectivity index (χ1n) is 6.37. The number of aromatic amines is 1. The summed E-state index contributed by atoms with van der Waals surface area (Å²) in [5, 5.41) is 9.09. The van der Waals surface area contributed by atoms with E-state index in [1.54, 1.807) is 23.2 Å². The molecular weight excluding hydrogens is 252 g/mol. The fourth-order valence-corrected chi connectivity index (χ4v) is 2.00. The van der Waals surface area contributed by atoms with Crippen LogP contribution in [0.4, 0.5) is 5.69 Å². The van der Waals surface area contributed by atoms with Gasteiger partial charge in [-0.2, -0.15) is 5.26 Å². The van der Waals surface area contributed by atoms with Crippen molar-refractivity contribution in [2.24, 2.45) is 0 Å². The lowest BCUT2D eigenvalue weighted by molar-refractivity contribution is 0.0747. The molecule has 1 amide bonds. The molecule has 2 rings (SSSR count). The second kappa shape index (κ2) is 5.93. The van der Waals surface area contributed by atoms with Crippen molar-refractivity contribution in [1.82, 2.24) is 9.88 Å². The molecule has 3 N–H and O–H groups in total. The van der Waals surface area contributed by atoms with E-state index in [4.69, 9.17) is 11.0 Å². The van der Waals surface area contributed by atoms with E-state index in [-0.39, 0.29) is 5.91 Å². The van der Waals surface area contributed by atoms with Crippen LogP contribution in [0.15, 0.2) is 36.5 Å². The number of rotatable bonds is 4.